The molecule has 2 aromatic heterocycles. The maximum atomic E-state index is 12.6. The van der Waals surface area contributed by atoms with E-state index in [1.165, 1.54) is 39.5 Å². The van der Waals surface area contributed by atoms with E-state index in [1.807, 2.05) is 0 Å². The fourth-order valence-electron chi connectivity index (χ4n) is 2.09. The molecule has 1 amide bonds. The van der Waals surface area contributed by atoms with Crippen molar-refractivity contribution in [2.24, 2.45) is 0 Å². The van der Waals surface area contributed by atoms with Crippen LogP contribution in [0.15, 0.2) is 24.4 Å². The average molecular weight is 404 g/mol. The molecule has 2 heterocycles. The fourth-order valence-corrected chi connectivity index (χ4v) is 2.09. The number of ether oxygens (including phenoxy) is 4. The highest BCUT2D eigenvalue weighted by Crippen LogP contribution is 2.25. The van der Waals surface area contributed by atoms with Crippen LogP contribution in [0.1, 0.15) is 38.2 Å². The largest absolute Gasteiger partial charge is 0.481 e. The van der Waals surface area contributed by atoms with Crippen molar-refractivity contribution >= 4 is 11.9 Å². The van der Waals surface area contributed by atoms with Gasteiger partial charge in [0.1, 0.15) is 11.6 Å². The van der Waals surface area contributed by atoms with Crippen LogP contribution in [0.25, 0.3) is 0 Å². The molecule has 1 N–H and O–H groups in total. The van der Waals surface area contributed by atoms with E-state index in [0.717, 1.165) is 0 Å². The van der Waals surface area contributed by atoms with Crippen LogP contribution in [-0.2, 0) is 9.53 Å². The Hall–Kier alpha value is -3.43. The van der Waals surface area contributed by atoms with E-state index in [2.05, 4.69) is 20.3 Å². The zero-order valence-corrected chi connectivity index (χ0v) is 17.2. The number of esters is 1. The van der Waals surface area contributed by atoms with E-state index in [-0.39, 0.29) is 29.2 Å². The van der Waals surface area contributed by atoms with E-state index in [4.69, 9.17) is 18.9 Å². The maximum absolute atomic E-state index is 12.6. The molecule has 0 radical (unpaired) electrons. The summed E-state index contributed by atoms with van der Waals surface area (Å²) in [5.41, 5.74) is -0.716. The van der Waals surface area contributed by atoms with Crippen molar-refractivity contribution < 1.29 is 28.5 Å². The quantitative estimate of drug-likeness (QED) is 0.692. The van der Waals surface area contributed by atoms with Gasteiger partial charge in [0.2, 0.25) is 11.8 Å². The van der Waals surface area contributed by atoms with Gasteiger partial charge in [0.05, 0.1) is 20.3 Å². The molecule has 0 fully saturated rings. The molecule has 0 aliphatic rings. The summed E-state index contributed by atoms with van der Waals surface area (Å²) in [6.07, 6.45) is 1.42. The summed E-state index contributed by atoms with van der Waals surface area (Å²) in [4.78, 5) is 36.9. The Kier molecular flexibility index (Phi) is 6.92. The predicted octanol–water partition coefficient (Wildman–Crippen LogP) is 2.14. The number of methoxy groups -OCH3 is 2. The van der Waals surface area contributed by atoms with Crippen LogP contribution in [0.5, 0.6) is 23.5 Å². The summed E-state index contributed by atoms with van der Waals surface area (Å²) >= 11 is 0. The molecule has 0 aliphatic heterocycles. The lowest BCUT2D eigenvalue weighted by atomic mass is 10.2. The molecule has 10 nitrogen and oxygen atoms in total. The van der Waals surface area contributed by atoms with Crippen LogP contribution in [0.3, 0.4) is 0 Å². The first-order chi connectivity index (χ1) is 13.6. The summed E-state index contributed by atoms with van der Waals surface area (Å²) in [7, 11) is 2.87. The molecular formula is C19H24N4O6. The molecule has 0 aliphatic carbocycles. The Morgan fingerprint density at radius 3 is 2.28 bits per heavy atom. The third-order valence-electron chi connectivity index (χ3n) is 3.37. The number of hydrogen-bond donors (Lipinski definition) is 1. The van der Waals surface area contributed by atoms with Crippen LogP contribution < -0.4 is 19.5 Å². The number of amides is 1. The predicted molar refractivity (Wildman–Crippen MR) is 102 cm³/mol. The number of nitrogens with one attached hydrogen (secondary N) is 1. The van der Waals surface area contributed by atoms with Crippen molar-refractivity contribution in [3.05, 3.63) is 30.1 Å². The Labute approximate surface area is 168 Å². The lowest BCUT2D eigenvalue weighted by Gasteiger charge is -2.22. The topological polar surface area (TPSA) is 122 Å². The molecule has 156 valence electrons. The SMILES string of the molecule is COc1cc(OC)nc(Oc2cccnc2C(=O)NC(C)C(=O)OC(C)(C)C)n1. The van der Waals surface area contributed by atoms with Gasteiger partial charge < -0.3 is 24.3 Å². The number of hydrogen-bond acceptors (Lipinski definition) is 9. The molecule has 2 rings (SSSR count). The van der Waals surface area contributed by atoms with Gasteiger partial charge in [-0.15, -0.1) is 0 Å². The molecule has 1 unspecified atom stereocenters. The van der Waals surface area contributed by atoms with Crippen LogP contribution in [0.2, 0.25) is 0 Å². The van der Waals surface area contributed by atoms with E-state index in [0.29, 0.717) is 0 Å². The first kappa shape index (κ1) is 21.9. The summed E-state index contributed by atoms with van der Waals surface area (Å²) in [5, 5.41) is 2.54. The molecule has 10 heteroatoms. The van der Waals surface area contributed by atoms with Gasteiger partial charge in [-0.2, -0.15) is 9.97 Å². The van der Waals surface area contributed by atoms with Crippen molar-refractivity contribution in [1.29, 1.82) is 0 Å². The van der Waals surface area contributed by atoms with Crippen molar-refractivity contribution in [2.75, 3.05) is 14.2 Å². The Morgan fingerprint density at radius 1 is 1.10 bits per heavy atom. The fraction of sp³-hybridized carbons (Fsp3) is 0.421. The molecular weight excluding hydrogens is 380 g/mol. The highest BCUT2D eigenvalue weighted by Gasteiger charge is 2.25. The lowest BCUT2D eigenvalue weighted by Crippen LogP contribution is -2.42. The minimum atomic E-state index is -0.884. The number of nitrogens with zero attached hydrogens (tertiary/aromatic N) is 3. The molecule has 2 aromatic rings. The Morgan fingerprint density at radius 2 is 1.72 bits per heavy atom. The van der Waals surface area contributed by atoms with Gasteiger partial charge in [0.15, 0.2) is 11.4 Å². The van der Waals surface area contributed by atoms with Gasteiger partial charge in [-0.3, -0.25) is 4.79 Å². The highest BCUT2D eigenvalue weighted by atomic mass is 16.6. The zero-order valence-electron chi connectivity index (χ0n) is 17.2. The Balaban J connectivity index is 2.20. The van der Waals surface area contributed by atoms with Crippen LogP contribution in [-0.4, -0.2) is 52.7 Å². The molecule has 0 spiro atoms. The highest BCUT2D eigenvalue weighted by molar-refractivity contribution is 5.97. The van der Waals surface area contributed by atoms with E-state index < -0.39 is 23.5 Å². The number of rotatable bonds is 7. The van der Waals surface area contributed by atoms with E-state index >= 15 is 0 Å². The van der Waals surface area contributed by atoms with Gasteiger partial charge in [-0.25, -0.2) is 9.78 Å². The lowest BCUT2D eigenvalue weighted by molar-refractivity contribution is -0.156. The molecule has 29 heavy (non-hydrogen) atoms. The van der Waals surface area contributed by atoms with Crippen molar-refractivity contribution in [2.45, 2.75) is 39.3 Å². The van der Waals surface area contributed by atoms with Crippen molar-refractivity contribution in [1.82, 2.24) is 20.3 Å². The monoisotopic (exact) mass is 404 g/mol. The van der Waals surface area contributed by atoms with Crippen molar-refractivity contribution in [3.63, 3.8) is 0 Å². The minimum absolute atomic E-state index is 0.0479. The summed E-state index contributed by atoms with van der Waals surface area (Å²) in [6.45, 7) is 6.75. The third kappa shape index (κ3) is 6.30. The molecule has 0 aromatic carbocycles. The molecule has 0 saturated carbocycles. The summed E-state index contributed by atoms with van der Waals surface area (Å²) in [5.74, 6) is -0.642. The second-order valence-electron chi connectivity index (χ2n) is 6.92. The standard InChI is InChI=1S/C19H24N4O6/c1-11(17(25)29-19(2,3)4)21-16(24)15-12(8-7-9-20-15)28-18-22-13(26-5)10-14(23-18)27-6/h7-11H,1-6H3,(H,21,24). The van der Waals surface area contributed by atoms with Gasteiger partial charge >= 0.3 is 12.0 Å². The third-order valence-corrected chi connectivity index (χ3v) is 3.37. The van der Waals surface area contributed by atoms with Gasteiger partial charge in [0.25, 0.3) is 5.91 Å². The number of carbonyl (C=O) groups is 2. The van der Waals surface area contributed by atoms with Crippen LogP contribution in [0, 0.1) is 0 Å². The summed E-state index contributed by atoms with van der Waals surface area (Å²) < 4.78 is 21.0. The molecule has 1 atom stereocenters. The van der Waals surface area contributed by atoms with E-state index in [1.54, 1.807) is 26.8 Å². The number of carbonyl (C=O) groups excluding carboxylic acids is 2. The van der Waals surface area contributed by atoms with Gasteiger partial charge in [0, 0.05) is 6.20 Å². The van der Waals surface area contributed by atoms with Crippen LogP contribution >= 0.6 is 0 Å². The van der Waals surface area contributed by atoms with Crippen molar-refractivity contribution in [3.8, 4) is 23.5 Å². The molecule has 0 bridgehead atoms. The van der Waals surface area contributed by atoms with Gasteiger partial charge in [-0.1, -0.05) is 0 Å². The van der Waals surface area contributed by atoms with E-state index in [9.17, 15) is 9.59 Å². The molecule has 0 saturated heterocycles. The second-order valence-corrected chi connectivity index (χ2v) is 6.92. The second kappa shape index (κ2) is 9.18. The first-order valence-electron chi connectivity index (χ1n) is 8.76. The minimum Gasteiger partial charge on any atom is -0.481 e. The summed E-state index contributed by atoms with van der Waals surface area (Å²) in [6, 6.07) is 3.61. The average Bonchev–Trinajstić information content (AvgIpc) is 2.66. The Bertz CT molecular complexity index is 859. The maximum Gasteiger partial charge on any atom is 0.328 e. The normalized spacial score (nSPS) is 11.9. The van der Waals surface area contributed by atoms with Crippen LogP contribution in [0.4, 0.5) is 0 Å². The smallest absolute Gasteiger partial charge is 0.328 e. The number of aromatic nitrogens is 3. The zero-order chi connectivity index (χ0) is 21.6. The van der Waals surface area contributed by atoms with Gasteiger partial charge in [-0.05, 0) is 39.8 Å². The first-order valence-corrected chi connectivity index (χ1v) is 8.76. The number of pyridine rings is 1.